The van der Waals surface area contributed by atoms with Crippen LogP contribution in [-0.2, 0) is 20.1 Å². The summed E-state index contributed by atoms with van der Waals surface area (Å²) in [5.74, 6) is 0. The van der Waals surface area contributed by atoms with Gasteiger partial charge in [0.25, 0.3) is 0 Å². The summed E-state index contributed by atoms with van der Waals surface area (Å²) >= 11 is 0. The summed E-state index contributed by atoms with van der Waals surface area (Å²) in [4.78, 5) is 10.7. The van der Waals surface area contributed by atoms with Crippen molar-refractivity contribution in [3.63, 3.8) is 0 Å². The topological polar surface area (TPSA) is 30.2 Å². The normalized spacial score (nSPS) is 9.33. The molecule has 0 amide bonds. The molecule has 1 radical (unpaired) electrons. The zero-order valence-electron chi connectivity index (χ0n) is 6.11. The van der Waals surface area contributed by atoms with Crippen molar-refractivity contribution in [1.29, 1.82) is 0 Å². The standard InChI is InChI=1S/C9H6O2.Ir/c10-9-6-5-7-3-1-2-4-8(7)11-9;/h1-6H;. The van der Waals surface area contributed by atoms with E-state index in [1.165, 1.54) is 6.07 Å². The van der Waals surface area contributed by atoms with Crippen LogP contribution in [0.2, 0.25) is 0 Å². The fourth-order valence-electron chi connectivity index (χ4n) is 1.01. The molecule has 2 nitrogen and oxygen atoms in total. The summed E-state index contributed by atoms with van der Waals surface area (Å²) in [6.07, 6.45) is 0. The summed E-state index contributed by atoms with van der Waals surface area (Å²) in [7, 11) is 0. The summed E-state index contributed by atoms with van der Waals surface area (Å²) in [6.45, 7) is 0. The van der Waals surface area contributed by atoms with Crippen molar-refractivity contribution in [3.8, 4) is 0 Å². The molecule has 3 heteroatoms. The first-order valence-electron chi connectivity index (χ1n) is 3.35. The molecule has 0 saturated carbocycles. The minimum absolute atomic E-state index is 0. The van der Waals surface area contributed by atoms with E-state index in [0.717, 1.165) is 5.39 Å². The quantitative estimate of drug-likeness (QED) is 0.686. The van der Waals surface area contributed by atoms with Crippen LogP contribution in [0.1, 0.15) is 0 Å². The van der Waals surface area contributed by atoms with Crippen molar-refractivity contribution >= 4 is 11.0 Å². The first kappa shape index (κ1) is 9.17. The van der Waals surface area contributed by atoms with E-state index in [1.54, 1.807) is 12.1 Å². The van der Waals surface area contributed by atoms with Gasteiger partial charge in [-0.15, -0.1) is 0 Å². The second-order valence-corrected chi connectivity index (χ2v) is 2.29. The molecule has 12 heavy (non-hydrogen) atoms. The molecule has 1 aromatic heterocycles. The summed E-state index contributed by atoms with van der Waals surface area (Å²) in [5, 5.41) is 0.951. The molecule has 0 unspecified atom stereocenters. The van der Waals surface area contributed by atoms with Gasteiger partial charge < -0.3 is 4.42 Å². The van der Waals surface area contributed by atoms with Crippen LogP contribution in [0, 0.1) is 0 Å². The molecule has 0 aliphatic rings. The second-order valence-electron chi connectivity index (χ2n) is 2.29. The molecule has 63 valence electrons. The Morgan fingerprint density at radius 3 is 2.58 bits per heavy atom. The monoisotopic (exact) mass is 339 g/mol. The van der Waals surface area contributed by atoms with Crippen LogP contribution in [0.25, 0.3) is 11.0 Å². The van der Waals surface area contributed by atoms with Crippen molar-refractivity contribution in [2.75, 3.05) is 0 Å². The van der Waals surface area contributed by atoms with Crippen molar-refractivity contribution < 1.29 is 24.5 Å². The number of fused-ring (bicyclic) bond motifs is 1. The van der Waals surface area contributed by atoms with E-state index in [4.69, 9.17) is 4.42 Å². The van der Waals surface area contributed by atoms with Crippen molar-refractivity contribution in [3.05, 3.63) is 46.8 Å². The average Bonchev–Trinajstić information content (AvgIpc) is 2.04. The molecule has 0 N–H and O–H groups in total. The largest absolute Gasteiger partial charge is 0.423 e. The summed E-state index contributed by atoms with van der Waals surface area (Å²) < 4.78 is 4.91. The van der Waals surface area contributed by atoms with Gasteiger partial charge in [-0.2, -0.15) is 0 Å². The molecule has 0 fully saturated rings. The second kappa shape index (κ2) is 3.65. The summed E-state index contributed by atoms with van der Waals surface area (Å²) in [6, 6.07) is 10.6. The Kier molecular flexibility index (Phi) is 2.79. The Morgan fingerprint density at radius 2 is 1.75 bits per heavy atom. The van der Waals surface area contributed by atoms with Crippen LogP contribution in [0.5, 0.6) is 0 Å². The molecule has 1 aromatic carbocycles. The Labute approximate surface area is 82.6 Å². The van der Waals surface area contributed by atoms with E-state index in [1.807, 2.05) is 18.2 Å². The molecule has 0 aliphatic carbocycles. The molecule has 2 aromatic rings. The van der Waals surface area contributed by atoms with Crippen LogP contribution >= 0.6 is 0 Å². The van der Waals surface area contributed by atoms with E-state index >= 15 is 0 Å². The van der Waals surface area contributed by atoms with E-state index in [9.17, 15) is 4.79 Å². The van der Waals surface area contributed by atoms with Gasteiger partial charge in [-0.3, -0.25) is 0 Å². The maximum absolute atomic E-state index is 10.7. The fraction of sp³-hybridized carbons (Fsp3) is 0. The molecular formula is C9H6IrO2. The Morgan fingerprint density at radius 1 is 1.00 bits per heavy atom. The smallest absolute Gasteiger partial charge is 0.336 e. The van der Waals surface area contributed by atoms with Crippen LogP contribution < -0.4 is 5.63 Å². The zero-order valence-corrected chi connectivity index (χ0v) is 8.51. The molecule has 0 spiro atoms. The fourth-order valence-corrected chi connectivity index (χ4v) is 1.01. The number of hydrogen-bond donors (Lipinski definition) is 0. The van der Waals surface area contributed by atoms with Crippen LogP contribution in [0.4, 0.5) is 0 Å². The predicted octanol–water partition coefficient (Wildman–Crippen LogP) is 1.79. The Bertz CT molecular complexity index is 433. The maximum atomic E-state index is 10.7. The van der Waals surface area contributed by atoms with Crippen LogP contribution in [-0.4, -0.2) is 0 Å². The minimum Gasteiger partial charge on any atom is -0.423 e. The van der Waals surface area contributed by atoms with Gasteiger partial charge in [-0.05, 0) is 12.1 Å². The SMILES string of the molecule is O=c1ccc2ccccc2o1.[Ir]. The van der Waals surface area contributed by atoms with Crippen molar-refractivity contribution in [1.82, 2.24) is 0 Å². The van der Waals surface area contributed by atoms with E-state index in [-0.39, 0.29) is 25.7 Å². The van der Waals surface area contributed by atoms with E-state index < -0.39 is 0 Å². The number of hydrogen-bond acceptors (Lipinski definition) is 2. The van der Waals surface area contributed by atoms with E-state index in [0.29, 0.717) is 5.58 Å². The molecule has 0 bridgehead atoms. The van der Waals surface area contributed by atoms with Gasteiger partial charge in [0.2, 0.25) is 0 Å². The van der Waals surface area contributed by atoms with Crippen molar-refractivity contribution in [2.24, 2.45) is 0 Å². The molecule has 1 heterocycles. The number of rotatable bonds is 0. The molecular weight excluding hydrogens is 332 g/mol. The average molecular weight is 338 g/mol. The van der Waals surface area contributed by atoms with E-state index in [2.05, 4.69) is 0 Å². The van der Waals surface area contributed by atoms with Crippen LogP contribution in [0.3, 0.4) is 0 Å². The molecule has 0 saturated heterocycles. The van der Waals surface area contributed by atoms with Gasteiger partial charge in [0.15, 0.2) is 0 Å². The first-order chi connectivity index (χ1) is 5.36. The third kappa shape index (κ3) is 1.63. The number of para-hydroxylation sites is 1. The molecule has 0 aliphatic heterocycles. The number of benzene rings is 1. The van der Waals surface area contributed by atoms with Gasteiger partial charge in [-0.25, -0.2) is 4.79 Å². The maximum Gasteiger partial charge on any atom is 0.336 e. The van der Waals surface area contributed by atoms with Gasteiger partial charge in [0.05, 0.1) is 0 Å². The van der Waals surface area contributed by atoms with Gasteiger partial charge in [0.1, 0.15) is 5.58 Å². The zero-order chi connectivity index (χ0) is 7.68. The summed E-state index contributed by atoms with van der Waals surface area (Å²) in [5.41, 5.74) is 0.337. The third-order valence-corrected chi connectivity index (χ3v) is 1.53. The Hall–Kier alpha value is -0.921. The minimum atomic E-state index is -0.302. The first-order valence-corrected chi connectivity index (χ1v) is 3.35. The molecule has 2 rings (SSSR count). The Balaban J connectivity index is 0.000000720. The molecule has 0 atom stereocenters. The van der Waals surface area contributed by atoms with Gasteiger partial charge >= 0.3 is 5.63 Å². The predicted molar refractivity (Wildman–Crippen MR) is 42.5 cm³/mol. The van der Waals surface area contributed by atoms with Gasteiger partial charge in [-0.1, -0.05) is 18.2 Å². The van der Waals surface area contributed by atoms with Crippen LogP contribution in [0.15, 0.2) is 45.6 Å². The van der Waals surface area contributed by atoms with Gasteiger partial charge in [0, 0.05) is 31.6 Å². The third-order valence-electron chi connectivity index (χ3n) is 1.53. The van der Waals surface area contributed by atoms with Crippen molar-refractivity contribution in [2.45, 2.75) is 0 Å².